The van der Waals surface area contributed by atoms with E-state index < -0.39 is 37.3 Å². The summed E-state index contributed by atoms with van der Waals surface area (Å²) >= 11 is 1.27. The summed E-state index contributed by atoms with van der Waals surface area (Å²) in [5, 5.41) is 9.74. The maximum atomic E-state index is 14.9. The number of hydrogen-bond acceptors (Lipinski definition) is 7. The molecule has 13 heteroatoms. The Labute approximate surface area is 205 Å². The zero-order valence-corrected chi connectivity index (χ0v) is 19.7. The lowest BCUT2D eigenvalue weighted by Crippen LogP contribution is -2.43. The van der Waals surface area contributed by atoms with Gasteiger partial charge in [0.15, 0.2) is 11.6 Å². The van der Waals surface area contributed by atoms with E-state index in [1.165, 1.54) is 30.7 Å². The molecule has 5 rings (SSSR count). The minimum absolute atomic E-state index is 0.0401. The average molecular weight is 522 g/mol. The van der Waals surface area contributed by atoms with Gasteiger partial charge in [-0.25, -0.2) is 24.1 Å². The van der Waals surface area contributed by atoms with Crippen LogP contribution in [0, 0.1) is 12.7 Å². The molecule has 1 amide bonds. The van der Waals surface area contributed by atoms with Crippen LogP contribution in [0.5, 0.6) is 11.6 Å². The molecule has 2 aromatic carbocycles. The van der Waals surface area contributed by atoms with Crippen LogP contribution in [0.3, 0.4) is 0 Å². The van der Waals surface area contributed by atoms with Gasteiger partial charge in [-0.2, -0.15) is 13.2 Å². The molecule has 0 bridgehead atoms. The van der Waals surface area contributed by atoms with Crippen LogP contribution in [0.2, 0.25) is 0 Å². The van der Waals surface area contributed by atoms with Gasteiger partial charge in [0.2, 0.25) is 5.88 Å². The minimum atomic E-state index is -4.71. The highest BCUT2D eigenvalue weighted by molar-refractivity contribution is 7.22. The number of carboxylic acid groups (broad SMARTS) is 1. The molecule has 1 aliphatic rings. The maximum absolute atomic E-state index is 14.9. The summed E-state index contributed by atoms with van der Waals surface area (Å²) in [4.78, 5) is 25.0. The predicted molar refractivity (Wildman–Crippen MR) is 123 cm³/mol. The third kappa shape index (κ3) is 4.45. The van der Waals surface area contributed by atoms with Gasteiger partial charge in [0.05, 0.1) is 41.1 Å². The van der Waals surface area contributed by atoms with Crippen LogP contribution in [0.25, 0.3) is 31.8 Å². The molecule has 0 radical (unpaired) electrons. The topological polar surface area (TPSA) is 97.7 Å². The highest BCUT2D eigenvalue weighted by atomic mass is 32.1. The molecule has 36 heavy (non-hydrogen) atoms. The van der Waals surface area contributed by atoms with Gasteiger partial charge in [0.25, 0.3) is 0 Å². The van der Waals surface area contributed by atoms with E-state index in [1.807, 2.05) is 19.1 Å². The van der Waals surface area contributed by atoms with Crippen molar-refractivity contribution < 1.29 is 36.9 Å². The summed E-state index contributed by atoms with van der Waals surface area (Å²) in [7, 11) is 1.49. The zero-order chi connectivity index (χ0) is 25.8. The number of aromatic nitrogens is 3. The van der Waals surface area contributed by atoms with Crippen molar-refractivity contribution in [2.45, 2.75) is 25.6 Å². The second kappa shape index (κ2) is 8.73. The van der Waals surface area contributed by atoms with Gasteiger partial charge in [-0.15, -0.1) is 11.3 Å². The Morgan fingerprint density at radius 1 is 1.28 bits per heavy atom. The minimum Gasteiger partial charge on any atom is -0.485 e. The molecule has 0 saturated carbocycles. The third-order valence-corrected chi connectivity index (χ3v) is 6.84. The molecule has 1 aliphatic heterocycles. The van der Waals surface area contributed by atoms with Crippen LogP contribution in [-0.2, 0) is 6.42 Å². The van der Waals surface area contributed by atoms with Crippen molar-refractivity contribution >= 4 is 38.7 Å². The van der Waals surface area contributed by atoms with Gasteiger partial charge in [-0.3, -0.25) is 4.90 Å². The summed E-state index contributed by atoms with van der Waals surface area (Å²) < 4.78 is 64.6. The number of halogens is 4. The molecule has 8 nitrogen and oxygen atoms in total. The van der Waals surface area contributed by atoms with E-state index in [0.717, 1.165) is 5.56 Å². The first-order chi connectivity index (χ1) is 17.0. The van der Waals surface area contributed by atoms with Gasteiger partial charge in [-0.05, 0) is 24.6 Å². The lowest BCUT2D eigenvalue weighted by Gasteiger charge is -2.23. The quantitative estimate of drug-likeness (QED) is 0.360. The Morgan fingerprint density at radius 3 is 2.75 bits per heavy atom. The normalized spacial score (nSPS) is 15.2. The summed E-state index contributed by atoms with van der Waals surface area (Å²) in [6.45, 7) is -0.314. The van der Waals surface area contributed by atoms with E-state index in [1.54, 1.807) is 0 Å². The monoisotopic (exact) mass is 522 g/mol. The van der Waals surface area contributed by atoms with Crippen LogP contribution < -0.4 is 9.47 Å². The first kappa shape index (κ1) is 24.0. The summed E-state index contributed by atoms with van der Waals surface area (Å²) in [5.41, 5.74) is 3.57. The number of aryl methyl sites for hydroxylation is 1. The predicted octanol–water partition coefficient (Wildman–Crippen LogP) is 5.21. The van der Waals surface area contributed by atoms with Crippen LogP contribution in [0.15, 0.2) is 24.4 Å². The van der Waals surface area contributed by atoms with Crippen molar-refractivity contribution in [3.8, 4) is 22.2 Å². The van der Waals surface area contributed by atoms with Crippen molar-refractivity contribution in [1.82, 2.24) is 19.9 Å². The second-order valence-electron chi connectivity index (χ2n) is 8.35. The van der Waals surface area contributed by atoms with E-state index in [9.17, 15) is 27.5 Å². The zero-order valence-electron chi connectivity index (χ0n) is 18.9. The number of amides is 1. The smallest absolute Gasteiger partial charge is 0.407 e. The fourth-order valence-electron chi connectivity index (χ4n) is 4.23. The fourth-order valence-corrected chi connectivity index (χ4v) is 5.34. The molecule has 4 aromatic rings. The molecular formula is C23H18F4N4O4S. The Balaban J connectivity index is 1.52. The summed E-state index contributed by atoms with van der Waals surface area (Å²) in [6, 6.07) is 4.94. The number of thiazole rings is 1. The van der Waals surface area contributed by atoms with Gasteiger partial charge < -0.3 is 14.6 Å². The van der Waals surface area contributed by atoms with E-state index in [4.69, 9.17) is 9.47 Å². The molecule has 0 aliphatic carbocycles. The van der Waals surface area contributed by atoms with Crippen molar-refractivity contribution in [3.05, 3.63) is 41.3 Å². The van der Waals surface area contributed by atoms with E-state index in [2.05, 4.69) is 15.0 Å². The van der Waals surface area contributed by atoms with E-state index in [-0.39, 0.29) is 17.1 Å². The highest BCUT2D eigenvalue weighted by Gasteiger charge is 2.37. The van der Waals surface area contributed by atoms with Crippen LogP contribution >= 0.6 is 11.3 Å². The largest absolute Gasteiger partial charge is 0.485 e. The molecule has 0 spiro atoms. The maximum Gasteiger partial charge on any atom is 0.407 e. The Kier molecular flexibility index (Phi) is 5.81. The first-order valence-electron chi connectivity index (χ1n) is 10.7. The Hall–Kier alpha value is -3.74. The van der Waals surface area contributed by atoms with Gasteiger partial charge in [0.1, 0.15) is 17.7 Å². The van der Waals surface area contributed by atoms with Crippen molar-refractivity contribution in [1.29, 1.82) is 0 Å². The molecular weight excluding hydrogens is 504 g/mol. The van der Waals surface area contributed by atoms with Crippen LogP contribution in [0.4, 0.5) is 22.4 Å². The third-order valence-electron chi connectivity index (χ3n) is 5.67. The molecule has 188 valence electrons. The molecule has 0 unspecified atom stereocenters. The number of nitrogens with zero attached hydrogens (tertiary/aromatic N) is 4. The van der Waals surface area contributed by atoms with E-state index >= 15 is 0 Å². The van der Waals surface area contributed by atoms with Gasteiger partial charge in [-0.1, -0.05) is 0 Å². The summed E-state index contributed by atoms with van der Waals surface area (Å²) in [6.07, 6.45) is -5.89. The number of benzene rings is 2. The molecule has 0 fully saturated rings. The number of hydrogen-bond donors (Lipinski definition) is 1. The molecule has 1 atom stereocenters. The number of carbonyl (C=O) groups is 1. The molecule has 1 N–H and O–H groups in total. The fraction of sp³-hybridized carbons (Fsp3) is 0.304. The van der Waals surface area contributed by atoms with Crippen molar-refractivity contribution in [3.63, 3.8) is 0 Å². The van der Waals surface area contributed by atoms with E-state index in [0.29, 0.717) is 43.3 Å². The SMILES string of the molecule is COc1cnc2c(-c3nc4cc(F)c5c(c4s3)C[C@@H](CN(CC(F)(F)F)C(=O)O)O5)cc(C)cc2n1. The lowest BCUT2D eigenvalue weighted by atomic mass is 10.1. The van der Waals surface area contributed by atoms with Crippen LogP contribution in [0.1, 0.15) is 11.1 Å². The number of alkyl halides is 3. The van der Waals surface area contributed by atoms with Crippen molar-refractivity contribution in [2.75, 3.05) is 20.2 Å². The number of ether oxygens (including phenoxy) is 2. The Bertz CT molecular complexity index is 1510. The van der Waals surface area contributed by atoms with Gasteiger partial charge in [0, 0.05) is 23.6 Å². The highest BCUT2D eigenvalue weighted by Crippen LogP contribution is 2.43. The van der Waals surface area contributed by atoms with Crippen LogP contribution in [-0.4, -0.2) is 63.5 Å². The number of rotatable bonds is 5. The lowest BCUT2D eigenvalue weighted by molar-refractivity contribution is -0.143. The number of fused-ring (bicyclic) bond motifs is 4. The van der Waals surface area contributed by atoms with Crippen molar-refractivity contribution in [2.24, 2.45) is 0 Å². The molecule has 0 saturated heterocycles. The standard InChI is InChI=1S/C23H18F4N4O4S/c1-10-3-12(18-15(4-10)29-17(34-2)7-28-18)21-30-16-6-14(24)19-13(20(16)36-21)5-11(35-19)8-31(22(32)33)9-23(25,26)27/h3-4,6-7,11H,5,8-9H2,1-2H3,(H,32,33)/t11-/m0/s1. The first-order valence-corrected chi connectivity index (χ1v) is 11.5. The van der Waals surface area contributed by atoms with Gasteiger partial charge >= 0.3 is 12.3 Å². The molecule has 3 heterocycles. The average Bonchev–Trinajstić information content (AvgIpc) is 3.41. The molecule has 2 aromatic heterocycles. The second-order valence-corrected chi connectivity index (χ2v) is 9.35. The Morgan fingerprint density at radius 2 is 2.06 bits per heavy atom. The number of methoxy groups -OCH3 is 1. The summed E-state index contributed by atoms with van der Waals surface area (Å²) in [5.74, 6) is -0.459.